The van der Waals surface area contributed by atoms with Crippen LogP contribution in [0.15, 0.2) is 53.1 Å². The van der Waals surface area contributed by atoms with Crippen LogP contribution in [0.5, 0.6) is 5.75 Å². The third-order valence-electron chi connectivity index (χ3n) is 4.27. The number of benzene rings is 1. The second kappa shape index (κ2) is 6.47. The van der Waals surface area contributed by atoms with E-state index in [1.807, 2.05) is 41.1 Å². The Morgan fingerprint density at radius 2 is 2.20 bits per heavy atom. The number of aromatic nitrogens is 2. The highest BCUT2D eigenvalue weighted by Gasteiger charge is 2.29. The van der Waals surface area contributed by atoms with Gasteiger partial charge >= 0.3 is 0 Å². The first-order valence-corrected chi connectivity index (χ1v) is 8.29. The molecule has 1 aromatic carbocycles. The summed E-state index contributed by atoms with van der Waals surface area (Å²) in [6, 6.07) is 13.2. The van der Waals surface area contributed by atoms with Crippen LogP contribution in [0.2, 0.25) is 0 Å². The van der Waals surface area contributed by atoms with Gasteiger partial charge in [0.2, 0.25) is 0 Å². The van der Waals surface area contributed by atoms with E-state index in [4.69, 9.17) is 9.15 Å². The van der Waals surface area contributed by atoms with E-state index in [0.29, 0.717) is 23.9 Å². The van der Waals surface area contributed by atoms with Gasteiger partial charge in [0, 0.05) is 17.7 Å². The van der Waals surface area contributed by atoms with Crippen molar-refractivity contribution in [3.05, 3.63) is 65.9 Å². The number of nitrogens with zero attached hydrogens (tertiary/aromatic N) is 2. The maximum Gasteiger partial charge on any atom is 0.272 e. The molecule has 0 aliphatic heterocycles. The van der Waals surface area contributed by atoms with Crippen LogP contribution in [0, 0.1) is 0 Å². The number of rotatable bonds is 6. The molecule has 1 amide bonds. The number of nitrogens with one attached hydrogen (secondary N) is 1. The normalized spacial score (nSPS) is 13.6. The molecule has 1 N–H and O–H groups in total. The van der Waals surface area contributed by atoms with Crippen molar-refractivity contribution in [3.63, 3.8) is 0 Å². The van der Waals surface area contributed by atoms with E-state index in [0.717, 1.165) is 30.0 Å². The summed E-state index contributed by atoms with van der Waals surface area (Å²) in [5.74, 6) is 1.73. The van der Waals surface area contributed by atoms with Gasteiger partial charge in [-0.3, -0.25) is 4.79 Å². The minimum Gasteiger partial charge on any atom is -0.497 e. The average Bonchev–Trinajstić information content (AvgIpc) is 3.18. The second-order valence-electron chi connectivity index (χ2n) is 6.10. The molecule has 25 heavy (non-hydrogen) atoms. The zero-order valence-electron chi connectivity index (χ0n) is 13.9. The van der Waals surface area contributed by atoms with Gasteiger partial charge in [-0.05, 0) is 43.2 Å². The zero-order valence-corrected chi connectivity index (χ0v) is 13.9. The maximum atomic E-state index is 12.4. The molecular formula is C19H19N3O3. The van der Waals surface area contributed by atoms with E-state index in [2.05, 4.69) is 10.4 Å². The van der Waals surface area contributed by atoms with Crippen molar-refractivity contribution in [2.45, 2.75) is 25.3 Å². The summed E-state index contributed by atoms with van der Waals surface area (Å²) in [6.45, 7) is 0.344. The van der Waals surface area contributed by atoms with Gasteiger partial charge < -0.3 is 14.5 Å². The number of hydrogen-bond acceptors (Lipinski definition) is 4. The first-order chi connectivity index (χ1) is 12.2. The van der Waals surface area contributed by atoms with Gasteiger partial charge in [0.15, 0.2) is 5.69 Å². The molecule has 6 heteroatoms. The number of hydrogen-bond donors (Lipinski definition) is 1. The molecule has 1 aliphatic rings. The Morgan fingerprint density at radius 3 is 2.92 bits per heavy atom. The minimum absolute atomic E-state index is 0.208. The molecule has 128 valence electrons. The lowest BCUT2D eigenvalue weighted by atomic mass is 10.2. The monoisotopic (exact) mass is 337 g/mol. The highest BCUT2D eigenvalue weighted by Crippen LogP contribution is 2.41. The molecule has 2 heterocycles. The van der Waals surface area contributed by atoms with Gasteiger partial charge in [-0.25, -0.2) is 4.68 Å². The van der Waals surface area contributed by atoms with Crippen LogP contribution in [-0.4, -0.2) is 22.8 Å². The Balaban J connectivity index is 1.60. The Morgan fingerprint density at radius 1 is 1.32 bits per heavy atom. The summed E-state index contributed by atoms with van der Waals surface area (Å²) in [7, 11) is 1.64. The van der Waals surface area contributed by atoms with Crippen molar-refractivity contribution < 1.29 is 13.9 Å². The molecular weight excluding hydrogens is 318 g/mol. The highest BCUT2D eigenvalue weighted by atomic mass is 16.5. The zero-order chi connectivity index (χ0) is 17.2. The summed E-state index contributed by atoms with van der Waals surface area (Å²) in [4.78, 5) is 12.4. The topological polar surface area (TPSA) is 69.3 Å². The van der Waals surface area contributed by atoms with E-state index in [9.17, 15) is 4.79 Å². The van der Waals surface area contributed by atoms with Crippen LogP contribution in [0.1, 0.15) is 40.7 Å². The fourth-order valence-corrected chi connectivity index (χ4v) is 2.80. The molecule has 6 nitrogen and oxygen atoms in total. The SMILES string of the molecule is COc1cccc(-n2nc(C(=O)NCc3ccco3)cc2C2CC2)c1. The predicted octanol–water partition coefficient (Wildman–Crippen LogP) is 3.28. The van der Waals surface area contributed by atoms with Gasteiger partial charge in [-0.15, -0.1) is 0 Å². The third kappa shape index (κ3) is 3.28. The Hall–Kier alpha value is -3.02. The molecule has 0 spiro atoms. The molecule has 1 saturated carbocycles. The summed E-state index contributed by atoms with van der Waals surface area (Å²) >= 11 is 0. The maximum absolute atomic E-state index is 12.4. The van der Waals surface area contributed by atoms with Crippen LogP contribution in [0.3, 0.4) is 0 Å². The number of ether oxygens (including phenoxy) is 1. The van der Waals surface area contributed by atoms with Gasteiger partial charge in [-0.2, -0.15) is 5.10 Å². The third-order valence-corrected chi connectivity index (χ3v) is 4.27. The van der Waals surface area contributed by atoms with Crippen molar-refractivity contribution in [2.24, 2.45) is 0 Å². The van der Waals surface area contributed by atoms with E-state index < -0.39 is 0 Å². The molecule has 4 rings (SSSR count). The van der Waals surface area contributed by atoms with Crippen molar-refractivity contribution >= 4 is 5.91 Å². The average molecular weight is 337 g/mol. The smallest absolute Gasteiger partial charge is 0.272 e. The summed E-state index contributed by atoms with van der Waals surface area (Å²) < 4.78 is 12.4. The van der Waals surface area contributed by atoms with Crippen molar-refractivity contribution in [3.8, 4) is 11.4 Å². The number of carbonyl (C=O) groups is 1. The van der Waals surface area contributed by atoms with Gasteiger partial charge in [0.1, 0.15) is 11.5 Å². The molecule has 0 radical (unpaired) electrons. The first-order valence-electron chi connectivity index (χ1n) is 8.29. The number of amides is 1. The Labute approximate surface area is 145 Å². The molecule has 1 aliphatic carbocycles. The Kier molecular flexibility index (Phi) is 4.01. The fourth-order valence-electron chi connectivity index (χ4n) is 2.80. The molecule has 1 fully saturated rings. The van der Waals surface area contributed by atoms with Gasteiger partial charge in [0.25, 0.3) is 5.91 Å². The molecule has 0 saturated heterocycles. The van der Waals surface area contributed by atoms with Crippen LogP contribution >= 0.6 is 0 Å². The summed E-state index contributed by atoms with van der Waals surface area (Å²) in [5.41, 5.74) is 2.37. The largest absolute Gasteiger partial charge is 0.497 e. The van der Waals surface area contributed by atoms with E-state index >= 15 is 0 Å². The predicted molar refractivity (Wildman–Crippen MR) is 92.0 cm³/mol. The number of methoxy groups -OCH3 is 1. The number of carbonyl (C=O) groups excluding carboxylic acids is 1. The number of furan rings is 1. The lowest BCUT2D eigenvalue weighted by Crippen LogP contribution is -2.23. The van der Waals surface area contributed by atoms with Gasteiger partial charge in [0.05, 0.1) is 25.6 Å². The van der Waals surface area contributed by atoms with E-state index in [-0.39, 0.29) is 5.91 Å². The van der Waals surface area contributed by atoms with Crippen LogP contribution in [0.25, 0.3) is 5.69 Å². The van der Waals surface area contributed by atoms with Crippen LogP contribution in [-0.2, 0) is 6.54 Å². The van der Waals surface area contributed by atoms with E-state index in [1.54, 1.807) is 19.4 Å². The van der Waals surface area contributed by atoms with Crippen LogP contribution in [0.4, 0.5) is 0 Å². The van der Waals surface area contributed by atoms with Crippen molar-refractivity contribution in [1.29, 1.82) is 0 Å². The minimum atomic E-state index is -0.208. The van der Waals surface area contributed by atoms with Crippen molar-refractivity contribution in [1.82, 2.24) is 15.1 Å². The summed E-state index contributed by atoms with van der Waals surface area (Å²) in [5, 5.41) is 7.38. The molecule has 0 atom stereocenters. The molecule has 3 aromatic rings. The van der Waals surface area contributed by atoms with E-state index in [1.165, 1.54) is 0 Å². The first kappa shape index (κ1) is 15.5. The molecule has 0 unspecified atom stereocenters. The van der Waals surface area contributed by atoms with Crippen LogP contribution < -0.4 is 10.1 Å². The standard InChI is InChI=1S/C19H19N3O3/c1-24-15-5-2-4-14(10-15)22-18(13-7-8-13)11-17(21-22)19(23)20-12-16-6-3-9-25-16/h2-6,9-11,13H,7-8,12H2,1H3,(H,20,23). The van der Waals surface area contributed by atoms with Crippen molar-refractivity contribution in [2.75, 3.05) is 7.11 Å². The fraction of sp³-hybridized carbons (Fsp3) is 0.263. The lowest BCUT2D eigenvalue weighted by Gasteiger charge is -2.08. The highest BCUT2D eigenvalue weighted by molar-refractivity contribution is 5.92. The quantitative estimate of drug-likeness (QED) is 0.749. The van der Waals surface area contributed by atoms with Gasteiger partial charge in [-0.1, -0.05) is 6.07 Å². The molecule has 2 aromatic heterocycles. The lowest BCUT2D eigenvalue weighted by molar-refractivity contribution is 0.0942. The molecule has 0 bridgehead atoms. The Bertz CT molecular complexity index is 879. The summed E-state index contributed by atoms with van der Waals surface area (Å²) in [6.07, 6.45) is 3.84. The second-order valence-corrected chi connectivity index (χ2v) is 6.10.